The summed E-state index contributed by atoms with van der Waals surface area (Å²) in [5.74, 6) is 5.85. The van der Waals surface area contributed by atoms with E-state index in [0.717, 1.165) is 17.5 Å². The van der Waals surface area contributed by atoms with Gasteiger partial charge in [0, 0.05) is 6.42 Å². The zero-order chi connectivity index (χ0) is 12.2. The quantitative estimate of drug-likeness (QED) is 0.768. The van der Waals surface area contributed by atoms with Gasteiger partial charge in [0.2, 0.25) is 0 Å². The van der Waals surface area contributed by atoms with Crippen molar-refractivity contribution >= 4 is 0 Å². The van der Waals surface area contributed by atoms with Crippen LogP contribution in [0, 0.1) is 25.7 Å². The van der Waals surface area contributed by atoms with Crippen molar-refractivity contribution < 1.29 is 5.11 Å². The van der Waals surface area contributed by atoms with Crippen molar-refractivity contribution in [1.82, 2.24) is 0 Å². The van der Waals surface area contributed by atoms with Crippen LogP contribution in [0.1, 0.15) is 43.4 Å². The standard InChI is InChI=1S/C15H20O/c1-5-6-7-10-15(4,16)14-11-12(2)8-9-13(14)3/h8-9,11,16H,7,10H2,1-4H3. The van der Waals surface area contributed by atoms with Gasteiger partial charge in [0.05, 0.1) is 5.60 Å². The lowest BCUT2D eigenvalue weighted by Crippen LogP contribution is -2.22. The molecule has 0 aliphatic carbocycles. The zero-order valence-electron chi connectivity index (χ0n) is 10.6. The molecule has 1 unspecified atom stereocenters. The monoisotopic (exact) mass is 216 g/mol. The van der Waals surface area contributed by atoms with Gasteiger partial charge in [-0.1, -0.05) is 23.8 Å². The maximum Gasteiger partial charge on any atom is 0.0880 e. The van der Waals surface area contributed by atoms with Crippen molar-refractivity contribution in [2.24, 2.45) is 0 Å². The first kappa shape index (κ1) is 12.8. The molecule has 1 atom stereocenters. The van der Waals surface area contributed by atoms with E-state index in [0.29, 0.717) is 6.42 Å². The van der Waals surface area contributed by atoms with Gasteiger partial charge < -0.3 is 5.11 Å². The maximum absolute atomic E-state index is 10.4. The number of aliphatic hydroxyl groups is 1. The maximum atomic E-state index is 10.4. The second-order valence-corrected chi connectivity index (χ2v) is 4.52. The number of aryl methyl sites for hydroxylation is 2. The predicted molar refractivity (Wildman–Crippen MR) is 68.2 cm³/mol. The second-order valence-electron chi connectivity index (χ2n) is 4.52. The Balaban J connectivity index is 2.94. The van der Waals surface area contributed by atoms with Crippen LogP contribution in [0.3, 0.4) is 0 Å². The fourth-order valence-electron chi connectivity index (χ4n) is 1.88. The molecule has 16 heavy (non-hydrogen) atoms. The lowest BCUT2D eigenvalue weighted by atomic mass is 9.87. The van der Waals surface area contributed by atoms with Crippen molar-refractivity contribution in [3.63, 3.8) is 0 Å². The first-order chi connectivity index (χ1) is 7.47. The lowest BCUT2D eigenvalue weighted by Gasteiger charge is -2.25. The molecule has 1 N–H and O–H groups in total. The molecule has 0 heterocycles. The fraction of sp³-hybridized carbons (Fsp3) is 0.467. The molecule has 0 spiro atoms. The van der Waals surface area contributed by atoms with Gasteiger partial charge in [-0.25, -0.2) is 0 Å². The number of rotatable bonds is 3. The molecule has 1 heteroatoms. The van der Waals surface area contributed by atoms with E-state index in [1.807, 2.05) is 27.7 Å². The average molecular weight is 216 g/mol. The Morgan fingerprint density at radius 2 is 2.00 bits per heavy atom. The van der Waals surface area contributed by atoms with Crippen LogP contribution in [-0.4, -0.2) is 5.11 Å². The van der Waals surface area contributed by atoms with Crippen LogP contribution >= 0.6 is 0 Å². The van der Waals surface area contributed by atoms with Gasteiger partial charge in [0.1, 0.15) is 0 Å². The Morgan fingerprint density at radius 1 is 1.31 bits per heavy atom. The van der Waals surface area contributed by atoms with Gasteiger partial charge >= 0.3 is 0 Å². The van der Waals surface area contributed by atoms with Gasteiger partial charge in [0.15, 0.2) is 0 Å². The molecule has 0 radical (unpaired) electrons. The topological polar surface area (TPSA) is 20.2 Å². The predicted octanol–water partition coefficient (Wildman–Crippen LogP) is 3.31. The highest BCUT2D eigenvalue weighted by Gasteiger charge is 2.23. The molecule has 86 valence electrons. The third-order valence-corrected chi connectivity index (χ3v) is 2.89. The minimum atomic E-state index is -0.778. The summed E-state index contributed by atoms with van der Waals surface area (Å²) in [5, 5.41) is 10.4. The summed E-state index contributed by atoms with van der Waals surface area (Å²) in [4.78, 5) is 0. The van der Waals surface area contributed by atoms with Gasteiger partial charge in [0.25, 0.3) is 0 Å². The van der Waals surface area contributed by atoms with Gasteiger partial charge in [-0.15, -0.1) is 11.8 Å². The molecule has 0 saturated carbocycles. The molecule has 1 aromatic carbocycles. The summed E-state index contributed by atoms with van der Waals surface area (Å²) < 4.78 is 0. The molecule has 0 aromatic heterocycles. The molecule has 0 fully saturated rings. The highest BCUT2D eigenvalue weighted by molar-refractivity contribution is 5.34. The van der Waals surface area contributed by atoms with E-state index < -0.39 is 5.60 Å². The van der Waals surface area contributed by atoms with Gasteiger partial charge in [-0.3, -0.25) is 0 Å². The van der Waals surface area contributed by atoms with Crippen molar-refractivity contribution in [1.29, 1.82) is 0 Å². The number of hydrogen-bond acceptors (Lipinski definition) is 1. The summed E-state index contributed by atoms with van der Waals surface area (Å²) in [6, 6.07) is 6.19. The first-order valence-corrected chi connectivity index (χ1v) is 5.67. The molecule has 1 nitrogen and oxygen atoms in total. The van der Waals surface area contributed by atoms with E-state index in [9.17, 15) is 5.11 Å². The summed E-state index contributed by atoms with van der Waals surface area (Å²) in [7, 11) is 0. The Labute approximate surface area is 98.5 Å². The molecule has 0 aliphatic heterocycles. The second kappa shape index (κ2) is 5.18. The molecule has 1 aromatic rings. The molecule has 0 bridgehead atoms. The van der Waals surface area contributed by atoms with Crippen LogP contribution in [0.2, 0.25) is 0 Å². The van der Waals surface area contributed by atoms with Gasteiger partial charge in [-0.2, -0.15) is 0 Å². The van der Waals surface area contributed by atoms with Crippen molar-refractivity contribution in [2.75, 3.05) is 0 Å². The third-order valence-electron chi connectivity index (χ3n) is 2.89. The van der Waals surface area contributed by atoms with Crippen LogP contribution in [0.5, 0.6) is 0 Å². The van der Waals surface area contributed by atoms with Crippen LogP contribution in [0.25, 0.3) is 0 Å². The largest absolute Gasteiger partial charge is 0.385 e. The smallest absolute Gasteiger partial charge is 0.0880 e. The van der Waals surface area contributed by atoms with E-state index >= 15 is 0 Å². The lowest BCUT2D eigenvalue weighted by molar-refractivity contribution is 0.0487. The Morgan fingerprint density at radius 3 is 2.62 bits per heavy atom. The number of hydrogen-bond donors (Lipinski definition) is 1. The first-order valence-electron chi connectivity index (χ1n) is 5.67. The van der Waals surface area contributed by atoms with Crippen LogP contribution in [0.15, 0.2) is 18.2 Å². The van der Waals surface area contributed by atoms with E-state index in [1.165, 1.54) is 5.56 Å². The molecule has 1 rings (SSSR count). The molecule has 0 amide bonds. The molecule has 0 aliphatic rings. The van der Waals surface area contributed by atoms with E-state index in [1.54, 1.807) is 0 Å². The summed E-state index contributed by atoms with van der Waals surface area (Å²) >= 11 is 0. The van der Waals surface area contributed by atoms with Gasteiger partial charge in [-0.05, 0) is 45.2 Å². The third kappa shape index (κ3) is 3.12. The van der Waals surface area contributed by atoms with Crippen LogP contribution in [0.4, 0.5) is 0 Å². The normalized spacial score (nSPS) is 13.8. The van der Waals surface area contributed by atoms with Crippen molar-refractivity contribution in [3.8, 4) is 11.8 Å². The Kier molecular flexibility index (Phi) is 4.15. The highest BCUT2D eigenvalue weighted by atomic mass is 16.3. The van der Waals surface area contributed by atoms with Crippen LogP contribution < -0.4 is 0 Å². The minimum Gasteiger partial charge on any atom is -0.385 e. The van der Waals surface area contributed by atoms with Crippen molar-refractivity contribution in [2.45, 2.75) is 46.1 Å². The van der Waals surface area contributed by atoms with Crippen LogP contribution in [-0.2, 0) is 5.60 Å². The van der Waals surface area contributed by atoms with E-state index in [4.69, 9.17) is 0 Å². The highest BCUT2D eigenvalue weighted by Crippen LogP contribution is 2.29. The zero-order valence-corrected chi connectivity index (χ0v) is 10.6. The number of benzene rings is 1. The average Bonchev–Trinajstić information content (AvgIpc) is 2.22. The molecular weight excluding hydrogens is 196 g/mol. The Hall–Kier alpha value is -1.26. The SMILES string of the molecule is CC#CCCC(C)(O)c1cc(C)ccc1C. The van der Waals surface area contributed by atoms with E-state index in [2.05, 4.69) is 30.0 Å². The molecular formula is C15H20O. The molecule has 0 saturated heterocycles. The van der Waals surface area contributed by atoms with E-state index in [-0.39, 0.29) is 0 Å². The summed E-state index contributed by atoms with van der Waals surface area (Å²) in [6.07, 6.45) is 1.41. The minimum absolute atomic E-state index is 0.679. The van der Waals surface area contributed by atoms with Crippen molar-refractivity contribution in [3.05, 3.63) is 34.9 Å². The summed E-state index contributed by atoms with van der Waals surface area (Å²) in [6.45, 7) is 7.78. The summed E-state index contributed by atoms with van der Waals surface area (Å²) in [5.41, 5.74) is 2.56. The Bertz CT molecular complexity index is 419. The fourth-order valence-corrected chi connectivity index (χ4v) is 1.88.